The highest BCUT2D eigenvalue weighted by Gasteiger charge is 2.15. The summed E-state index contributed by atoms with van der Waals surface area (Å²) in [6.07, 6.45) is 1.32. The summed E-state index contributed by atoms with van der Waals surface area (Å²) >= 11 is 0. The molecule has 2 aromatic rings. The van der Waals surface area contributed by atoms with Gasteiger partial charge in [0.1, 0.15) is 17.4 Å². The monoisotopic (exact) mass is 204 g/mol. The van der Waals surface area contributed by atoms with E-state index in [4.69, 9.17) is 9.15 Å². The van der Waals surface area contributed by atoms with Crippen molar-refractivity contribution in [2.45, 2.75) is 20.0 Å². The number of para-hydroxylation sites is 1. The Labute approximate surface area is 87.6 Å². The first-order valence-corrected chi connectivity index (χ1v) is 4.85. The number of rotatable bonds is 2. The molecule has 0 N–H and O–H groups in total. The van der Waals surface area contributed by atoms with Gasteiger partial charge in [-0.15, -0.1) is 0 Å². The second kappa shape index (κ2) is 3.77. The van der Waals surface area contributed by atoms with E-state index in [1.165, 1.54) is 6.26 Å². The van der Waals surface area contributed by atoms with Gasteiger partial charge in [0.15, 0.2) is 0 Å². The highest BCUT2D eigenvalue weighted by atomic mass is 16.5. The number of ether oxygens (including phenoxy) is 1. The van der Waals surface area contributed by atoms with Gasteiger partial charge in [0.25, 0.3) is 0 Å². The Morgan fingerprint density at radius 2 is 2.07 bits per heavy atom. The lowest BCUT2D eigenvalue weighted by Crippen LogP contribution is -2.10. The SMILES string of the molecule is CC(C)OC(=O)c1coc2ccccc12. The van der Waals surface area contributed by atoms with Crippen LogP contribution in [-0.2, 0) is 4.74 Å². The predicted octanol–water partition coefficient (Wildman–Crippen LogP) is 3.00. The summed E-state index contributed by atoms with van der Waals surface area (Å²) in [7, 11) is 0. The van der Waals surface area contributed by atoms with E-state index in [9.17, 15) is 4.79 Å². The molecule has 1 heterocycles. The van der Waals surface area contributed by atoms with Gasteiger partial charge in [0.2, 0.25) is 0 Å². The molecule has 0 saturated carbocycles. The van der Waals surface area contributed by atoms with Gasteiger partial charge >= 0.3 is 5.97 Å². The van der Waals surface area contributed by atoms with E-state index in [0.29, 0.717) is 11.1 Å². The van der Waals surface area contributed by atoms with Crippen molar-refractivity contribution in [1.29, 1.82) is 0 Å². The van der Waals surface area contributed by atoms with Crippen molar-refractivity contribution >= 4 is 16.9 Å². The summed E-state index contributed by atoms with van der Waals surface area (Å²) in [6, 6.07) is 7.39. The number of hydrogen-bond acceptors (Lipinski definition) is 3. The Morgan fingerprint density at radius 1 is 1.33 bits per heavy atom. The van der Waals surface area contributed by atoms with Gasteiger partial charge in [-0.25, -0.2) is 4.79 Å². The molecule has 1 aromatic heterocycles. The van der Waals surface area contributed by atoms with Crippen LogP contribution in [0.2, 0.25) is 0 Å². The van der Waals surface area contributed by atoms with Gasteiger partial charge in [-0.3, -0.25) is 0 Å². The maximum atomic E-state index is 11.6. The molecule has 1 aromatic carbocycles. The van der Waals surface area contributed by atoms with E-state index in [0.717, 1.165) is 5.39 Å². The molecule has 0 saturated heterocycles. The highest BCUT2D eigenvalue weighted by molar-refractivity contribution is 6.03. The standard InChI is InChI=1S/C12H12O3/c1-8(2)15-12(13)10-7-14-11-6-4-3-5-9(10)11/h3-8H,1-2H3. The molecule has 15 heavy (non-hydrogen) atoms. The molecule has 0 aliphatic carbocycles. The fraction of sp³-hybridized carbons (Fsp3) is 0.250. The van der Waals surface area contributed by atoms with Gasteiger partial charge < -0.3 is 9.15 Å². The Kier molecular flexibility index (Phi) is 2.46. The lowest BCUT2D eigenvalue weighted by atomic mass is 10.2. The molecule has 0 unspecified atom stereocenters. The van der Waals surface area contributed by atoms with Crippen LogP contribution in [0.1, 0.15) is 24.2 Å². The molecule has 0 fully saturated rings. The molecular formula is C12H12O3. The molecule has 3 nitrogen and oxygen atoms in total. The quantitative estimate of drug-likeness (QED) is 0.706. The third-order valence-electron chi connectivity index (χ3n) is 2.04. The third kappa shape index (κ3) is 1.86. The fourth-order valence-electron chi connectivity index (χ4n) is 1.41. The van der Waals surface area contributed by atoms with Crippen molar-refractivity contribution in [3.63, 3.8) is 0 Å². The zero-order valence-corrected chi connectivity index (χ0v) is 8.69. The van der Waals surface area contributed by atoms with E-state index in [2.05, 4.69) is 0 Å². The number of hydrogen-bond donors (Lipinski definition) is 0. The first-order valence-electron chi connectivity index (χ1n) is 4.85. The molecule has 0 aliphatic rings. The number of carbonyl (C=O) groups excluding carboxylic acids is 1. The molecule has 0 amide bonds. The number of benzene rings is 1. The maximum Gasteiger partial charge on any atom is 0.342 e. The summed E-state index contributed by atoms with van der Waals surface area (Å²) < 4.78 is 10.4. The van der Waals surface area contributed by atoms with Crippen molar-refractivity contribution in [3.05, 3.63) is 36.1 Å². The lowest BCUT2D eigenvalue weighted by molar-refractivity contribution is 0.0379. The number of esters is 1. The molecule has 78 valence electrons. The number of furan rings is 1. The van der Waals surface area contributed by atoms with Crippen LogP contribution < -0.4 is 0 Å². The zero-order chi connectivity index (χ0) is 10.8. The minimum atomic E-state index is -0.338. The van der Waals surface area contributed by atoms with Crippen LogP contribution in [0.5, 0.6) is 0 Å². The fourth-order valence-corrected chi connectivity index (χ4v) is 1.41. The molecule has 0 radical (unpaired) electrons. The first-order chi connectivity index (χ1) is 7.18. The highest BCUT2D eigenvalue weighted by Crippen LogP contribution is 2.21. The summed E-state index contributed by atoms with van der Waals surface area (Å²) in [5, 5.41) is 0.795. The molecule has 0 bridgehead atoms. The first kappa shape index (κ1) is 9.77. The second-order valence-electron chi connectivity index (χ2n) is 3.60. The Bertz CT molecular complexity index is 482. The average Bonchev–Trinajstić information content (AvgIpc) is 2.59. The topological polar surface area (TPSA) is 39.4 Å². The van der Waals surface area contributed by atoms with Gasteiger partial charge in [-0.1, -0.05) is 18.2 Å². The van der Waals surface area contributed by atoms with Crippen LogP contribution in [0.3, 0.4) is 0 Å². The van der Waals surface area contributed by atoms with Crippen LogP contribution in [0.15, 0.2) is 34.9 Å². The maximum absolute atomic E-state index is 11.6. The van der Waals surface area contributed by atoms with Crippen molar-refractivity contribution in [1.82, 2.24) is 0 Å². The molecule has 0 spiro atoms. The van der Waals surface area contributed by atoms with Gasteiger partial charge in [0.05, 0.1) is 6.10 Å². The van der Waals surface area contributed by atoms with Gasteiger partial charge in [-0.05, 0) is 19.9 Å². The van der Waals surface area contributed by atoms with E-state index in [-0.39, 0.29) is 12.1 Å². The van der Waals surface area contributed by atoms with Crippen molar-refractivity contribution < 1.29 is 13.9 Å². The largest absolute Gasteiger partial charge is 0.463 e. The normalized spacial score (nSPS) is 10.9. The van der Waals surface area contributed by atoms with Crippen molar-refractivity contribution in [3.8, 4) is 0 Å². The minimum Gasteiger partial charge on any atom is -0.463 e. The molecule has 2 rings (SSSR count). The molecule has 0 atom stereocenters. The van der Waals surface area contributed by atoms with E-state index >= 15 is 0 Å². The smallest absolute Gasteiger partial charge is 0.342 e. The molecule has 0 aliphatic heterocycles. The zero-order valence-electron chi connectivity index (χ0n) is 8.69. The summed E-state index contributed by atoms with van der Waals surface area (Å²) in [4.78, 5) is 11.6. The third-order valence-corrected chi connectivity index (χ3v) is 2.04. The number of carbonyl (C=O) groups is 1. The van der Waals surface area contributed by atoms with Crippen molar-refractivity contribution in [2.24, 2.45) is 0 Å². The lowest BCUT2D eigenvalue weighted by Gasteiger charge is -2.05. The van der Waals surface area contributed by atoms with Crippen molar-refractivity contribution in [2.75, 3.05) is 0 Å². The van der Waals surface area contributed by atoms with Gasteiger partial charge in [-0.2, -0.15) is 0 Å². The van der Waals surface area contributed by atoms with Crippen LogP contribution in [0.25, 0.3) is 11.0 Å². The Morgan fingerprint density at radius 3 is 2.80 bits per heavy atom. The summed E-state index contributed by atoms with van der Waals surface area (Å²) in [5.74, 6) is -0.338. The Balaban J connectivity index is 2.40. The van der Waals surface area contributed by atoms with E-state index in [1.54, 1.807) is 0 Å². The van der Waals surface area contributed by atoms with Gasteiger partial charge in [0, 0.05) is 5.39 Å². The Hall–Kier alpha value is -1.77. The number of fused-ring (bicyclic) bond motifs is 1. The van der Waals surface area contributed by atoms with Crippen LogP contribution in [0, 0.1) is 0 Å². The van der Waals surface area contributed by atoms with Crippen LogP contribution >= 0.6 is 0 Å². The minimum absolute atomic E-state index is 0.119. The predicted molar refractivity (Wildman–Crippen MR) is 56.8 cm³/mol. The van der Waals surface area contributed by atoms with Crippen LogP contribution in [0.4, 0.5) is 0 Å². The van der Waals surface area contributed by atoms with Crippen LogP contribution in [-0.4, -0.2) is 12.1 Å². The second-order valence-corrected chi connectivity index (χ2v) is 3.60. The van der Waals surface area contributed by atoms with E-state index < -0.39 is 0 Å². The molecule has 3 heteroatoms. The van der Waals surface area contributed by atoms with E-state index in [1.807, 2.05) is 38.1 Å². The summed E-state index contributed by atoms with van der Waals surface area (Å²) in [6.45, 7) is 3.64. The summed E-state index contributed by atoms with van der Waals surface area (Å²) in [5.41, 5.74) is 1.19. The average molecular weight is 204 g/mol. The molecular weight excluding hydrogens is 192 g/mol.